The second kappa shape index (κ2) is 13.4. The van der Waals surface area contributed by atoms with Gasteiger partial charge in [-0.3, -0.25) is 15.5 Å². The highest BCUT2D eigenvalue weighted by Gasteiger charge is 2.13. The predicted octanol–water partition coefficient (Wildman–Crippen LogP) is 4.85. The van der Waals surface area contributed by atoms with Crippen LogP contribution >= 0.6 is 24.0 Å². The zero-order valence-electron chi connectivity index (χ0n) is 18.0. The molecule has 3 aromatic carbocycles. The third-order valence-corrected chi connectivity index (χ3v) is 6.18. The largest absolute Gasteiger partial charge is 0.491 e. The lowest BCUT2D eigenvalue weighted by Crippen LogP contribution is -2.40. The average Bonchev–Trinajstić information content (AvgIpc) is 2.87. The summed E-state index contributed by atoms with van der Waals surface area (Å²) in [5.41, 5.74) is 4.86. The SMILES string of the molecule is O=C(/C=C/c1ccccc1)N[C@H](COc1ccc(C(=S)NO)cc1)CSCc1ccccc1. The van der Waals surface area contributed by atoms with Crippen molar-refractivity contribution in [3.8, 4) is 5.75 Å². The number of rotatable bonds is 11. The zero-order chi connectivity index (χ0) is 23.3. The number of thiocarbonyl (C=S) groups is 1. The van der Waals surface area contributed by atoms with Crippen molar-refractivity contribution in [1.29, 1.82) is 0 Å². The average molecular weight is 479 g/mol. The van der Waals surface area contributed by atoms with Crippen LogP contribution in [0.1, 0.15) is 16.7 Å². The number of nitrogens with one attached hydrogen (secondary N) is 2. The third kappa shape index (κ3) is 8.73. The Morgan fingerprint density at radius 2 is 1.67 bits per heavy atom. The van der Waals surface area contributed by atoms with Crippen molar-refractivity contribution in [2.45, 2.75) is 11.8 Å². The van der Waals surface area contributed by atoms with Crippen LogP contribution in [0.3, 0.4) is 0 Å². The number of ether oxygens (including phenoxy) is 1. The molecule has 0 aliphatic heterocycles. The molecule has 0 saturated carbocycles. The molecule has 0 bridgehead atoms. The normalized spacial score (nSPS) is 11.7. The van der Waals surface area contributed by atoms with Gasteiger partial charge in [0.05, 0.1) is 6.04 Å². The van der Waals surface area contributed by atoms with Crippen LogP contribution in [0.5, 0.6) is 5.75 Å². The van der Waals surface area contributed by atoms with Crippen LogP contribution in [0.15, 0.2) is 91.0 Å². The van der Waals surface area contributed by atoms with E-state index in [1.807, 2.05) is 54.0 Å². The van der Waals surface area contributed by atoms with Crippen molar-refractivity contribution in [2.75, 3.05) is 12.4 Å². The zero-order valence-corrected chi connectivity index (χ0v) is 19.6. The minimum absolute atomic E-state index is 0.164. The second-order valence-electron chi connectivity index (χ2n) is 7.23. The smallest absolute Gasteiger partial charge is 0.244 e. The highest BCUT2D eigenvalue weighted by atomic mass is 32.2. The summed E-state index contributed by atoms with van der Waals surface area (Å²) in [6.45, 7) is 0.328. The van der Waals surface area contributed by atoms with Gasteiger partial charge in [0, 0.05) is 23.1 Å². The number of thioether (sulfide) groups is 1. The number of hydrogen-bond donors (Lipinski definition) is 3. The van der Waals surface area contributed by atoms with Crippen LogP contribution in [0, 0.1) is 0 Å². The highest BCUT2D eigenvalue weighted by molar-refractivity contribution is 7.98. The maximum atomic E-state index is 12.5. The maximum Gasteiger partial charge on any atom is 0.244 e. The lowest BCUT2D eigenvalue weighted by Gasteiger charge is -2.19. The molecule has 7 heteroatoms. The van der Waals surface area contributed by atoms with E-state index in [9.17, 15) is 4.79 Å². The first kappa shape index (κ1) is 24.5. The summed E-state index contributed by atoms with van der Waals surface area (Å²) in [5.74, 6) is 2.05. The van der Waals surface area contributed by atoms with E-state index >= 15 is 0 Å². The van der Waals surface area contributed by atoms with Gasteiger partial charge in [0.2, 0.25) is 5.91 Å². The van der Waals surface area contributed by atoms with Gasteiger partial charge in [-0.1, -0.05) is 72.9 Å². The fraction of sp³-hybridized carbons (Fsp3) is 0.154. The van der Waals surface area contributed by atoms with E-state index in [0.29, 0.717) is 23.7 Å². The van der Waals surface area contributed by atoms with Gasteiger partial charge in [-0.2, -0.15) is 11.8 Å². The molecular weight excluding hydrogens is 452 g/mol. The number of carbonyl (C=O) groups is 1. The van der Waals surface area contributed by atoms with E-state index in [2.05, 4.69) is 17.4 Å². The summed E-state index contributed by atoms with van der Waals surface area (Å²) in [7, 11) is 0. The Bertz CT molecular complexity index is 1040. The van der Waals surface area contributed by atoms with E-state index in [1.165, 1.54) is 5.56 Å². The van der Waals surface area contributed by atoms with Crippen LogP contribution in [0.2, 0.25) is 0 Å². The van der Waals surface area contributed by atoms with Gasteiger partial charge < -0.3 is 10.1 Å². The Morgan fingerprint density at radius 3 is 2.33 bits per heavy atom. The number of hydrogen-bond acceptors (Lipinski definition) is 5. The summed E-state index contributed by atoms with van der Waals surface area (Å²) < 4.78 is 5.92. The quantitative estimate of drug-likeness (QED) is 0.208. The third-order valence-electron chi connectivity index (χ3n) is 4.67. The van der Waals surface area contributed by atoms with E-state index in [1.54, 1.807) is 48.2 Å². The maximum absolute atomic E-state index is 12.5. The second-order valence-corrected chi connectivity index (χ2v) is 8.67. The first-order valence-corrected chi connectivity index (χ1v) is 12.0. The molecule has 0 saturated heterocycles. The van der Waals surface area contributed by atoms with E-state index in [-0.39, 0.29) is 16.9 Å². The van der Waals surface area contributed by atoms with Gasteiger partial charge in [0.15, 0.2) is 0 Å². The molecule has 170 valence electrons. The lowest BCUT2D eigenvalue weighted by molar-refractivity contribution is -0.117. The molecule has 3 aromatic rings. The molecule has 0 aromatic heterocycles. The van der Waals surface area contributed by atoms with Crippen LogP contribution in [-0.2, 0) is 10.5 Å². The van der Waals surface area contributed by atoms with Crippen molar-refractivity contribution >= 4 is 41.0 Å². The van der Waals surface area contributed by atoms with Crippen molar-refractivity contribution < 1.29 is 14.7 Å². The van der Waals surface area contributed by atoms with Crippen LogP contribution in [-0.4, -0.2) is 34.5 Å². The molecule has 1 amide bonds. The van der Waals surface area contributed by atoms with Gasteiger partial charge in [-0.05, 0) is 41.5 Å². The summed E-state index contributed by atoms with van der Waals surface area (Å²) in [5, 5.41) is 12.0. The van der Waals surface area contributed by atoms with Gasteiger partial charge in [0.25, 0.3) is 0 Å². The van der Waals surface area contributed by atoms with Gasteiger partial charge in [-0.15, -0.1) is 0 Å². The molecule has 0 unspecified atom stereocenters. The Balaban J connectivity index is 1.58. The molecule has 1 atom stereocenters. The number of amides is 1. The predicted molar refractivity (Wildman–Crippen MR) is 139 cm³/mol. The lowest BCUT2D eigenvalue weighted by atomic mass is 10.2. The molecule has 0 fully saturated rings. The number of benzene rings is 3. The summed E-state index contributed by atoms with van der Waals surface area (Å²) >= 11 is 6.75. The van der Waals surface area contributed by atoms with Crippen LogP contribution in [0.4, 0.5) is 0 Å². The summed E-state index contributed by atoms with van der Waals surface area (Å²) in [6, 6.07) is 26.8. The minimum Gasteiger partial charge on any atom is -0.491 e. The van der Waals surface area contributed by atoms with Gasteiger partial charge >= 0.3 is 0 Å². The Kier molecular flexibility index (Phi) is 9.97. The van der Waals surface area contributed by atoms with E-state index in [4.69, 9.17) is 22.2 Å². The molecule has 0 spiro atoms. The van der Waals surface area contributed by atoms with Crippen LogP contribution in [0.25, 0.3) is 6.08 Å². The topological polar surface area (TPSA) is 70.6 Å². The number of carbonyl (C=O) groups excluding carboxylic acids is 1. The molecular formula is C26H26N2O3S2. The molecule has 5 nitrogen and oxygen atoms in total. The molecule has 0 heterocycles. The molecule has 3 rings (SSSR count). The van der Waals surface area contributed by atoms with Gasteiger partial charge in [-0.25, -0.2) is 0 Å². The van der Waals surface area contributed by atoms with Crippen molar-refractivity contribution in [3.05, 3.63) is 108 Å². The first-order valence-electron chi connectivity index (χ1n) is 10.5. The Labute approximate surface area is 203 Å². The molecule has 0 aliphatic carbocycles. The van der Waals surface area contributed by atoms with Crippen molar-refractivity contribution in [1.82, 2.24) is 10.8 Å². The molecule has 0 aliphatic rings. The molecule has 3 N–H and O–H groups in total. The van der Waals surface area contributed by atoms with Gasteiger partial charge in [0.1, 0.15) is 17.3 Å². The minimum atomic E-state index is -0.175. The summed E-state index contributed by atoms with van der Waals surface area (Å²) in [4.78, 5) is 12.8. The first-order chi connectivity index (χ1) is 16.1. The standard InChI is InChI=1S/C26H26N2O3S2/c29-25(16-11-20-7-3-1-4-8-20)27-23(19-33-18-21-9-5-2-6-10-21)17-31-24-14-12-22(13-15-24)26(32)28-30/h1-16,23,30H,17-19H2,(H,27,29)(H,28,32)/b16-11+/t23-/m1/s1. The monoisotopic (exact) mass is 478 g/mol. The van der Waals surface area contributed by atoms with Crippen LogP contribution < -0.4 is 15.5 Å². The fourth-order valence-corrected chi connectivity index (χ4v) is 4.12. The summed E-state index contributed by atoms with van der Waals surface area (Å²) in [6.07, 6.45) is 3.34. The highest BCUT2D eigenvalue weighted by Crippen LogP contribution is 2.16. The van der Waals surface area contributed by atoms with Crippen molar-refractivity contribution in [3.63, 3.8) is 0 Å². The molecule has 33 heavy (non-hydrogen) atoms. The van der Waals surface area contributed by atoms with E-state index < -0.39 is 0 Å². The molecule has 0 radical (unpaired) electrons. The van der Waals surface area contributed by atoms with E-state index in [0.717, 1.165) is 11.3 Å². The number of hydroxylamine groups is 1. The van der Waals surface area contributed by atoms with Crippen molar-refractivity contribution in [2.24, 2.45) is 0 Å². The fourth-order valence-electron chi connectivity index (χ4n) is 2.97. The Hall–Kier alpha value is -3.13. The Morgan fingerprint density at radius 1 is 1.00 bits per heavy atom.